The van der Waals surface area contributed by atoms with Crippen LogP contribution in [0.5, 0.6) is 0 Å². The van der Waals surface area contributed by atoms with Gasteiger partial charge in [-0.1, -0.05) is 0 Å². The van der Waals surface area contributed by atoms with Gasteiger partial charge >= 0.3 is 0 Å². The second kappa shape index (κ2) is 4.52. The molecule has 62 valence electrons. The van der Waals surface area contributed by atoms with E-state index in [1.807, 2.05) is 32.8 Å². The SMILES string of the molecule is CN(C)C=NC(C)(C)N.Cl. The van der Waals surface area contributed by atoms with Crippen molar-refractivity contribution in [3.63, 3.8) is 0 Å². The van der Waals surface area contributed by atoms with Crippen LogP contribution in [0.2, 0.25) is 0 Å². The molecular weight excluding hydrogens is 150 g/mol. The van der Waals surface area contributed by atoms with Crippen LogP contribution in [0.15, 0.2) is 4.99 Å². The second-order valence-corrected chi connectivity index (χ2v) is 2.86. The van der Waals surface area contributed by atoms with Gasteiger partial charge in [-0.2, -0.15) is 0 Å². The summed E-state index contributed by atoms with van der Waals surface area (Å²) >= 11 is 0. The summed E-state index contributed by atoms with van der Waals surface area (Å²) in [6.45, 7) is 3.71. The Morgan fingerprint density at radius 3 is 1.90 bits per heavy atom. The maximum Gasteiger partial charge on any atom is 0.104 e. The zero-order valence-electron chi connectivity index (χ0n) is 6.96. The highest BCUT2D eigenvalue weighted by Crippen LogP contribution is 1.95. The van der Waals surface area contributed by atoms with Crippen molar-refractivity contribution in [3.8, 4) is 0 Å². The molecule has 0 radical (unpaired) electrons. The predicted octanol–water partition coefficient (Wildman–Crippen LogP) is 0.693. The van der Waals surface area contributed by atoms with Crippen molar-refractivity contribution < 1.29 is 0 Å². The van der Waals surface area contributed by atoms with Crippen LogP contribution in [0.25, 0.3) is 0 Å². The number of rotatable bonds is 2. The van der Waals surface area contributed by atoms with Crippen molar-refractivity contribution >= 4 is 18.7 Å². The summed E-state index contributed by atoms with van der Waals surface area (Å²) < 4.78 is 0. The lowest BCUT2D eigenvalue weighted by molar-refractivity contribution is 0.533. The lowest BCUT2D eigenvalue weighted by Crippen LogP contribution is -2.30. The van der Waals surface area contributed by atoms with Gasteiger partial charge in [0.25, 0.3) is 0 Å². The molecular formula is C6H16ClN3. The molecule has 0 aromatic heterocycles. The van der Waals surface area contributed by atoms with Crippen LogP contribution in [-0.4, -0.2) is 31.0 Å². The first-order valence-corrected chi connectivity index (χ1v) is 2.92. The van der Waals surface area contributed by atoms with Crippen LogP contribution in [0, 0.1) is 0 Å². The smallest absolute Gasteiger partial charge is 0.104 e. The minimum Gasteiger partial charge on any atom is -0.369 e. The zero-order valence-corrected chi connectivity index (χ0v) is 7.77. The summed E-state index contributed by atoms with van der Waals surface area (Å²) in [5.74, 6) is 0. The van der Waals surface area contributed by atoms with E-state index in [1.165, 1.54) is 0 Å². The van der Waals surface area contributed by atoms with Crippen LogP contribution in [0.4, 0.5) is 0 Å². The third kappa shape index (κ3) is 10.7. The maximum atomic E-state index is 5.56. The van der Waals surface area contributed by atoms with Gasteiger partial charge in [0.05, 0.1) is 6.34 Å². The highest BCUT2D eigenvalue weighted by Gasteiger charge is 2.04. The predicted molar refractivity (Wildman–Crippen MR) is 47.7 cm³/mol. The van der Waals surface area contributed by atoms with E-state index < -0.39 is 5.66 Å². The fraction of sp³-hybridized carbons (Fsp3) is 0.833. The summed E-state index contributed by atoms with van der Waals surface area (Å²) in [7, 11) is 3.82. The van der Waals surface area contributed by atoms with Gasteiger partial charge in [-0.15, -0.1) is 12.4 Å². The van der Waals surface area contributed by atoms with E-state index in [0.717, 1.165) is 0 Å². The Hall–Kier alpha value is -0.280. The lowest BCUT2D eigenvalue weighted by Gasteiger charge is -2.13. The van der Waals surface area contributed by atoms with Crippen LogP contribution in [-0.2, 0) is 0 Å². The van der Waals surface area contributed by atoms with E-state index in [0.29, 0.717) is 0 Å². The van der Waals surface area contributed by atoms with Crippen LogP contribution in [0.1, 0.15) is 13.8 Å². The Labute approximate surface area is 68.7 Å². The summed E-state index contributed by atoms with van der Waals surface area (Å²) in [6.07, 6.45) is 1.71. The molecule has 0 amide bonds. The van der Waals surface area contributed by atoms with E-state index >= 15 is 0 Å². The van der Waals surface area contributed by atoms with Gasteiger partial charge in [-0.05, 0) is 13.8 Å². The standard InChI is InChI=1S/C6H15N3.ClH/c1-6(2,7)8-5-9(3)4;/h5H,7H2,1-4H3;1H. The maximum absolute atomic E-state index is 5.56. The van der Waals surface area contributed by atoms with Crippen molar-refractivity contribution in [2.75, 3.05) is 14.1 Å². The first kappa shape index (κ1) is 12.4. The fourth-order valence-corrected chi connectivity index (χ4v) is 0.264. The van der Waals surface area contributed by atoms with Crippen molar-refractivity contribution in [1.29, 1.82) is 0 Å². The molecule has 0 aliphatic carbocycles. The van der Waals surface area contributed by atoms with Crippen molar-refractivity contribution in [2.45, 2.75) is 19.5 Å². The first-order chi connectivity index (χ1) is 3.92. The van der Waals surface area contributed by atoms with Gasteiger partial charge in [-0.3, -0.25) is 4.99 Å². The lowest BCUT2D eigenvalue weighted by atomic mass is 10.3. The van der Waals surface area contributed by atoms with Crippen LogP contribution in [0.3, 0.4) is 0 Å². The minimum atomic E-state index is -0.440. The van der Waals surface area contributed by atoms with Gasteiger partial charge in [0.2, 0.25) is 0 Å². The molecule has 0 bridgehead atoms. The zero-order chi connectivity index (χ0) is 7.49. The van der Waals surface area contributed by atoms with E-state index in [1.54, 1.807) is 6.34 Å². The Morgan fingerprint density at radius 1 is 1.40 bits per heavy atom. The summed E-state index contributed by atoms with van der Waals surface area (Å²) in [5.41, 5.74) is 5.12. The highest BCUT2D eigenvalue weighted by atomic mass is 35.5. The Balaban J connectivity index is 0. The summed E-state index contributed by atoms with van der Waals surface area (Å²) in [6, 6.07) is 0. The molecule has 0 aromatic carbocycles. The van der Waals surface area contributed by atoms with Crippen molar-refractivity contribution in [2.24, 2.45) is 10.7 Å². The summed E-state index contributed by atoms with van der Waals surface area (Å²) in [5, 5.41) is 0. The number of nitrogens with two attached hydrogens (primary N) is 1. The van der Waals surface area contributed by atoms with Crippen molar-refractivity contribution in [1.82, 2.24) is 4.90 Å². The van der Waals surface area contributed by atoms with E-state index in [-0.39, 0.29) is 12.4 Å². The number of hydrogen-bond acceptors (Lipinski definition) is 2. The molecule has 0 aromatic rings. The first-order valence-electron chi connectivity index (χ1n) is 2.92. The van der Waals surface area contributed by atoms with Crippen LogP contribution >= 0.6 is 12.4 Å². The van der Waals surface area contributed by atoms with Crippen molar-refractivity contribution in [3.05, 3.63) is 0 Å². The molecule has 0 saturated heterocycles. The minimum absolute atomic E-state index is 0. The van der Waals surface area contributed by atoms with E-state index in [9.17, 15) is 0 Å². The molecule has 10 heavy (non-hydrogen) atoms. The van der Waals surface area contributed by atoms with Gasteiger partial charge in [0, 0.05) is 14.1 Å². The number of aliphatic imine (C=N–C) groups is 1. The van der Waals surface area contributed by atoms with Gasteiger partial charge < -0.3 is 10.6 Å². The molecule has 0 saturated carbocycles. The second-order valence-electron chi connectivity index (χ2n) is 2.86. The number of hydrogen-bond donors (Lipinski definition) is 1. The Bertz CT molecular complexity index is 104. The highest BCUT2D eigenvalue weighted by molar-refractivity contribution is 5.85. The van der Waals surface area contributed by atoms with Gasteiger partial charge in [-0.25, -0.2) is 0 Å². The monoisotopic (exact) mass is 165 g/mol. The third-order valence-electron chi connectivity index (χ3n) is 0.621. The quantitative estimate of drug-likeness (QED) is 0.484. The molecule has 4 heteroatoms. The van der Waals surface area contributed by atoms with E-state index in [2.05, 4.69) is 4.99 Å². The average Bonchev–Trinajstić information content (AvgIpc) is 1.59. The Morgan fingerprint density at radius 2 is 1.80 bits per heavy atom. The van der Waals surface area contributed by atoms with Gasteiger partial charge in [0.15, 0.2) is 0 Å². The number of nitrogens with zero attached hydrogens (tertiary/aromatic N) is 2. The topological polar surface area (TPSA) is 41.6 Å². The number of halogens is 1. The normalized spacial score (nSPS) is 11.3. The third-order valence-corrected chi connectivity index (χ3v) is 0.621. The molecule has 0 fully saturated rings. The van der Waals surface area contributed by atoms with Gasteiger partial charge in [0.1, 0.15) is 5.66 Å². The molecule has 0 unspecified atom stereocenters. The molecule has 0 spiro atoms. The molecule has 0 atom stereocenters. The molecule has 0 heterocycles. The molecule has 3 nitrogen and oxygen atoms in total. The molecule has 0 rings (SSSR count). The largest absolute Gasteiger partial charge is 0.369 e. The molecule has 0 aliphatic rings. The fourth-order valence-electron chi connectivity index (χ4n) is 0.264. The van der Waals surface area contributed by atoms with Crippen LogP contribution < -0.4 is 5.73 Å². The molecule has 2 N–H and O–H groups in total. The summed E-state index contributed by atoms with van der Waals surface area (Å²) in [4.78, 5) is 5.89. The Kier molecular flexibility index (Phi) is 5.61. The van der Waals surface area contributed by atoms with E-state index in [4.69, 9.17) is 5.73 Å². The average molecular weight is 166 g/mol. The molecule has 0 aliphatic heterocycles.